The molecule has 3 aromatic carbocycles. The van der Waals surface area contributed by atoms with Gasteiger partial charge in [-0.2, -0.15) is 0 Å². The predicted octanol–water partition coefficient (Wildman–Crippen LogP) is 5.36. The lowest BCUT2D eigenvalue weighted by atomic mass is 9.99. The number of amides is 1. The fourth-order valence-electron chi connectivity index (χ4n) is 3.45. The first-order chi connectivity index (χ1) is 14.6. The van der Waals surface area contributed by atoms with E-state index in [-0.39, 0.29) is 5.91 Å². The van der Waals surface area contributed by atoms with Gasteiger partial charge in [-0.1, -0.05) is 30.3 Å². The van der Waals surface area contributed by atoms with Crippen molar-refractivity contribution in [3.05, 3.63) is 77.9 Å². The molecule has 0 atom stereocenters. The SMILES string of the molecule is COc1cc2c(cc1OC)/C(=C(/Nc1ccc(SC)cc1)c1ccccc1)C(=O)N2. The first-order valence-corrected chi connectivity index (χ1v) is 10.7. The van der Waals surface area contributed by atoms with Crippen molar-refractivity contribution < 1.29 is 14.3 Å². The molecular weight excluding hydrogens is 396 g/mol. The van der Waals surface area contributed by atoms with Gasteiger partial charge in [0.15, 0.2) is 11.5 Å². The summed E-state index contributed by atoms with van der Waals surface area (Å²) in [6.45, 7) is 0. The maximum Gasteiger partial charge on any atom is 0.258 e. The summed E-state index contributed by atoms with van der Waals surface area (Å²) >= 11 is 1.69. The van der Waals surface area contributed by atoms with Crippen LogP contribution in [0.1, 0.15) is 11.1 Å². The molecule has 5 nitrogen and oxygen atoms in total. The number of methoxy groups -OCH3 is 2. The fraction of sp³-hybridized carbons (Fsp3) is 0.125. The highest BCUT2D eigenvalue weighted by atomic mass is 32.2. The summed E-state index contributed by atoms with van der Waals surface area (Å²) in [5, 5.41) is 6.42. The van der Waals surface area contributed by atoms with Gasteiger partial charge in [0.25, 0.3) is 5.91 Å². The van der Waals surface area contributed by atoms with Crippen LogP contribution in [0, 0.1) is 0 Å². The molecule has 0 aliphatic carbocycles. The Morgan fingerprint density at radius 3 is 2.23 bits per heavy atom. The van der Waals surface area contributed by atoms with E-state index in [1.165, 1.54) is 4.90 Å². The summed E-state index contributed by atoms with van der Waals surface area (Å²) in [5.41, 5.74) is 4.58. The van der Waals surface area contributed by atoms with Crippen molar-refractivity contribution in [1.29, 1.82) is 0 Å². The molecule has 0 unspecified atom stereocenters. The number of nitrogens with one attached hydrogen (secondary N) is 2. The van der Waals surface area contributed by atoms with Gasteiger partial charge >= 0.3 is 0 Å². The van der Waals surface area contributed by atoms with Crippen LogP contribution in [0.3, 0.4) is 0 Å². The second-order valence-corrected chi connectivity index (χ2v) is 7.56. The summed E-state index contributed by atoms with van der Waals surface area (Å²) < 4.78 is 10.8. The molecule has 1 amide bonds. The molecule has 0 saturated heterocycles. The minimum atomic E-state index is -0.174. The number of benzene rings is 3. The average Bonchev–Trinajstić information content (AvgIpc) is 3.11. The van der Waals surface area contributed by atoms with Crippen LogP contribution < -0.4 is 20.1 Å². The molecular formula is C24H22N2O3S. The van der Waals surface area contributed by atoms with Crippen molar-refractivity contribution >= 4 is 40.3 Å². The van der Waals surface area contributed by atoms with Crippen molar-refractivity contribution in [2.24, 2.45) is 0 Å². The van der Waals surface area contributed by atoms with Gasteiger partial charge in [-0.25, -0.2) is 0 Å². The predicted molar refractivity (Wildman–Crippen MR) is 123 cm³/mol. The van der Waals surface area contributed by atoms with Crippen LogP contribution in [0.5, 0.6) is 11.5 Å². The summed E-state index contributed by atoms with van der Waals surface area (Å²) in [7, 11) is 3.16. The highest BCUT2D eigenvalue weighted by Crippen LogP contribution is 2.43. The van der Waals surface area contributed by atoms with Crippen LogP contribution in [0.15, 0.2) is 71.6 Å². The standard InChI is InChI=1S/C24H22N2O3S/c1-28-20-13-18-19(14-21(20)29-2)26-24(27)22(18)23(15-7-5-4-6-8-15)25-16-9-11-17(30-3)12-10-16/h4-14,25H,1-3H3,(H,26,27)/b23-22-. The van der Waals surface area contributed by atoms with Crippen LogP contribution in [0.4, 0.5) is 11.4 Å². The number of carbonyl (C=O) groups is 1. The summed E-state index contributed by atoms with van der Waals surface area (Å²) in [4.78, 5) is 14.2. The van der Waals surface area contributed by atoms with E-state index < -0.39 is 0 Å². The van der Waals surface area contributed by atoms with E-state index >= 15 is 0 Å². The molecule has 3 aromatic rings. The molecule has 1 aliphatic rings. The number of anilines is 2. The normalized spacial score (nSPS) is 14.0. The topological polar surface area (TPSA) is 59.6 Å². The molecule has 30 heavy (non-hydrogen) atoms. The quantitative estimate of drug-likeness (QED) is 0.417. The third-order valence-corrected chi connectivity index (χ3v) is 5.68. The van der Waals surface area contributed by atoms with E-state index in [9.17, 15) is 4.79 Å². The van der Waals surface area contributed by atoms with Crippen LogP contribution in [0.2, 0.25) is 0 Å². The van der Waals surface area contributed by atoms with Gasteiger partial charge in [0.05, 0.1) is 31.2 Å². The van der Waals surface area contributed by atoms with Gasteiger partial charge in [-0.05, 0) is 42.2 Å². The van der Waals surface area contributed by atoms with E-state index in [0.717, 1.165) is 22.5 Å². The molecule has 152 valence electrons. The van der Waals surface area contributed by atoms with E-state index in [2.05, 4.69) is 22.8 Å². The van der Waals surface area contributed by atoms with E-state index in [4.69, 9.17) is 9.47 Å². The Labute approximate surface area is 180 Å². The Balaban J connectivity index is 1.89. The van der Waals surface area contributed by atoms with Crippen molar-refractivity contribution in [2.75, 3.05) is 31.1 Å². The van der Waals surface area contributed by atoms with Crippen molar-refractivity contribution in [1.82, 2.24) is 0 Å². The molecule has 0 bridgehead atoms. The van der Waals surface area contributed by atoms with Gasteiger partial charge in [0, 0.05) is 22.2 Å². The molecule has 4 rings (SSSR count). The molecule has 0 spiro atoms. The first kappa shape index (κ1) is 19.9. The summed E-state index contributed by atoms with van der Waals surface area (Å²) in [5.74, 6) is 0.967. The lowest BCUT2D eigenvalue weighted by Gasteiger charge is -2.15. The highest BCUT2D eigenvalue weighted by Gasteiger charge is 2.30. The van der Waals surface area contributed by atoms with Gasteiger partial charge < -0.3 is 20.1 Å². The number of ether oxygens (including phenoxy) is 2. The maximum atomic E-state index is 13.0. The largest absolute Gasteiger partial charge is 0.493 e. The summed E-state index contributed by atoms with van der Waals surface area (Å²) in [6.07, 6.45) is 2.04. The third kappa shape index (κ3) is 3.74. The van der Waals surface area contributed by atoms with E-state index in [0.29, 0.717) is 22.8 Å². The van der Waals surface area contributed by atoms with E-state index in [1.807, 2.05) is 54.8 Å². The molecule has 1 aliphatic heterocycles. The molecule has 6 heteroatoms. The maximum absolute atomic E-state index is 13.0. The molecule has 0 aromatic heterocycles. The van der Waals surface area contributed by atoms with Gasteiger partial charge in [-0.15, -0.1) is 11.8 Å². The fourth-order valence-corrected chi connectivity index (χ4v) is 3.86. The zero-order valence-electron chi connectivity index (χ0n) is 17.0. The number of hydrogen-bond acceptors (Lipinski definition) is 5. The smallest absolute Gasteiger partial charge is 0.258 e. The average molecular weight is 419 g/mol. The second-order valence-electron chi connectivity index (χ2n) is 6.68. The zero-order valence-corrected chi connectivity index (χ0v) is 17.8. The van der Waals surface area contributed by atoms with Crippen molar-refractivity contribution in [3.63, 3.8) is 0 Å². The number of thioether (sulfide) groups is 1. The van der Waals surface area contributed by atoms with Crippen LogP contribution in [-0.4, -0.2) is 26.4 Å². The molecule has 2 N–H and O–H groups in total. The molecule has 0 radical (unpaired) electrons. The number of hydrogen-bond donors (Lipinski definition) is 2. The van der Waals surface area contributed by atoms with Crippen LogP contribution in [0.25, 0.3) is 11.3 Å². The highest BCUT2D eigenvalue weighted by molar-refractivity contribution is 7.98. The molecule has 1 heterocycles. The zero-order chi connectivity index (χ0) is 21.1. The lowest BCUT2D eigenvalue weighted by molar-refractivity contribution is -0.110. The molecule has 0 fully saturated rings. The second kappa shape index (κ2) is 8.55. The lowest BCUT2D eigenvalue weighted by Crippen LogP contribution is -2.10. The minimum Gasteiger partial charge on any atom is -0.493 e. The van der Waals surface area contributed by atoms with Crippen LogP contribution in [-0.2, 0) is 4.79 Å². The van der Waals surface area contributed by atoms with Gasteiger partial charge in [0.2, 0.25) is 0 Å². The monoisotopic (exact) mass is 418 g/mol. The Bertz CT molecular complexity index is 1110. The van der Waals surface area contributed by atoms with Gasteiger partial charge in [-0.3, -0.25) is 4.79 Å². The number of carbonyl (C=O) groups excluding carboxylic acids is 1. The third-order valence-electron chi connectivity index (χ3n) is 4.94. The Kier molecular flexibility index (Phi) is 5.68. The first-order valence-electron chi connectivity index (χ1n) is 9.43. The van der Waals surface area contributed by atoms with E-state index in [1.54, 1.807) is 32.0 Å². The summed E-state index contributed by atoms with van der Waals surface area (Å²) in [6, 6.07) is 21.6. The van der Waals surface area contributed by atoms with Gasteiger partial charge in [0.1, 0.15) is 0 Å². The minimum absolute atomic E-state index is 0.174. The Hall–Kier alpha value is -3.38. The van der Waals surface area contributed by atoms with Crippen molar-refractivity contribution in [2.45, 2.75) is 4.90 Å². The number of fused-ring (bicyclic) bond motifs is 1. The van der Waals surface area contributed by atoms with Crippen molar-refractivity contribution in [3.8, 4) is 11.5 Å². The van der Waals surface area contributed by atoms with Crippen LogP contribution >= 0.6 is 11.8 Å². The Morgan fingerprint density at radius 1 is 0.933 bits per heavy atom. The number of rotatable bonds is 6. The Morgan fingerprint density at radius 2 is 1.60 bits per heavy atom. The molecule has 0 saturated carbocycles.